The summed E-state index contributed by atoms with van der Waals surface area (Å²) >= 11 is 5.87. The van der Waals surface area contributed by atoms with Crippen molar-refractivity contribution < 1.29 is 9.18 Å². The summed E-state index contributed by atoms with van der Waals surface area (Å²) in [5.41, 5.74) is 0.357. The zero-order valence-corrected chi connectivity index (χ0v) is 11.1. The van der Waals surface area contributed by atoms with E-state index in [0.717, 1.165) is 6.07 Å². The Hall–Kier alpha value is -1.09. The van der Waals surface area contributed by atoms with Crippen molar-refractivity contribution in [3.63, 3.8) is 0 Å². The van der Waals surface area contributed by atoms with Crippen LogP contribution < -0.4 is 0 Å². The number of carbonyl (C=O) groups excluding carboxylic acids is 1. The van der Waals surface area contributed by atoms with Crippen molar-refractivity contribution in [1.82, 2.24) is 4.90 Å². The third-order valence-electron chi connectivity index (χ3n) is 2.42. The monoisotopic (exact) mass is 257 g/mol. The quantitative estimate of drug-likeness (QED) is 0.807. The van der Waals surface area contributed by atoms with Crippen molar-refractivity contribution in [2.75, 3.05) is 13.1 Å². The second-order valence-electron chi connectivity index (χ2n) is 4.36. The summed E-state index contributed by atoms with van der Waals surface area (Å²) in [6.07, 6.45) is 0. The maximum atomic E-state index is 12.9. The van der Waals surface area contributed by atoms with E-state index in [1.54, 1.807) is 4.90 Å². The minimum Gasteiger partial charge on any atom is -0.339 e. The first kappa shape index (κ1) is 14.0. The Morgan fingerprint density at radius 2 is 2.12 bits per heavy atom. The number of rotatable bonds is 4. The highest BCUT2D eigenvalue weighted by Crippen LogP contribution is 2.19. The van der Waals surface area contributed by atoms with E-state index >= 15 is 0 Å². The Bertz CT molecular complexity index is 406. The highest BCUT2D eigenvalue weighted by Gasteiger charge is 2.18. The van der Waals surface area contributed by atoms with Crippen molar-refractivity contribution in [1.29, 1.82) is 0 Å². The number of hydrogen-bond acceptors (Lipinski definition) is 1. The molecule has 0 spiro atoms. The van der Waals surface area contributed by atoms with Crippen LogP contribution in [0.1, 0.15) is 31.1 Å². The van der Waals surface area contributed by atoms with E-state index < -0.39 is 5.82 Å². The summed E-state index contributed by atoms with van der Waals surface area (Å²) in [6.45, 7) is 7.29. The molecule has 0 aliphatic carbocycles. The number of benzene rings is 1. The van der Waals surface area contributed by atoms with Gasteiger partial charge in [0.05, 0.1) is 10.6 Å². The Kier molecular flexibility index (Phi) is 4.94. The van der Waals surface area contributed by atoms with Crippen LogP contribution in [-0.4, -0.2) is 23.9 Å². The maximum absolute atomic E-state index is 12.9. The molecule has 1 amide bonds. The van der Waals surface area contributed by atoms with Crippen LogP contribution in [0, 0.1) is 11.7 Å². The first-order valence-corrected chi connectivity index (χ1v) is 6.07. The van der Waals surface area contributed by atoms with E-state index in [9.17, 15) is 9.18 Å². The predicted octanol–water partition coefficient (Wildman–Crippen LogP) is 3.60. The van der Waals surface area contributed by atoms with Gasteiger partial charge in [-0.25, -0.2) is 4.39 Å². The highest BCUT2D eigenvalue weighted by molar-refractivity contribution is 6.33. The van der Waals surface area contributed by atoms with Crippen molar-refractivity contribution in [2.45, 2.75) is 20.8 Å². The fourth-order valence-corrected chi connectivity index (χ4v) is 1.88. The van der Waals surface area contributed by atoms with E-state index in [4.69, 9.17) is 11.6 Å². The van der Waals surface area contributed by atoms with Crippen molar-refractivity contribution in [2.24, 2.45) is 5.92 Å². The van der Waals surface area contributed by atoms with Crippen LogP contribution in [0.5, 0.6) is 0 Å². The van der Waals surface area contributed by atoms with Crippen molar-refractivity contribution >= 4 is 17.5 Å². The van der Waals surface area contributed by atoms with Gasteiger partial charge < -0.3 is 4.90 Å². The zero-order valence-electron chi connectivity index (χ0n) is 10.3. The van der Waals surface area contributed by atoms with Crippen LogP contribution in [-0.2, 0) is 0 Å². The highest BCUT2D eigenvalue weighted by atomic mass is 35.5. The molecule has 0 saturated carbocycles. The Morgan fingerprint density at radius 1 is 1.47 bits per heavy atom. The van der Waals surface area contributed by atoms with Gasteiger partial charge in [0.1, 0.15) is 5.82 Å². The third kappa shape index (κ3) is 3.70. The first-order valence-electron chi connectivity index (χ1n) is 5.70. The fraction of sp³-hybridized carbons (Fsp3) is 0.462. The largest absolute Gasteiger partial charge is 0.339 e. The second kappa shape index (κ2) is 6.01. The molecule has 0 radical (unpaired) electrons. The third-order valence-corrected chi connectivity index (χ3v) is 2.73. The number of hydrogen-bond donors (Lipinski definition) is 0. The lowest BCUT2D eigenvalue weighted by atomic mass is 10.1. The molecular weight excluding hydrogens is 241 g/mol. The van der Waals surface area contributed by atoms with Crippen LogP contribution in [0.15, 0.2) is 18.2 Å². The Balaban J connectivity index is 2.93. The predicted molar refractivity (Wildman–Crippen MR) is 67.8 cm³/mol. The van der Waals surface area contributed by atoms with Gasteiger partial charge in [-0.05, 0) is 31.0 Å². The SMILES string of the molecule is CCN(CC(C)C)C(=O)c1ccc(F)cc1Cl. The normalized spacial score (nSPS) is 10.7. The summed E-state index contributed by atoms with van der Waals surface area (Å²) in [4.78, 5) is 13.9. The summed E-state index contributed by atoms with van der Waals surface area (Å²) in [7, 11) is 0. The minimum atomic E-state index is -0.432. The number of nitrogens with zero attached hydrogens (tertiary/aromatic N) is 1. The van der Waals surface area contributed by atoms with Gasteiger partial charge in [-0.1, -0.05) is 25.4 Å². The molecule has 94 valence electrons. The molecule has 17 heavy (non-hydrogen) atoms. The standard InChI is InChI=1S/C13H17ClFNO/c1-4-16(8-9(2)3)13(17)11-6-5-10(15)7-12(11)14/h5-7,9H,4,8H2,1-3H3. The molecule has 0 fully saturated rings. The number of amides is 1. The van der Waals surface area contributed by atoms with Gasteiger partial charge in [0.15, 0.2) is 0 Å². The Morgan fingerprint density at radius 3 is 2.59 bits per heavy atom. The molecule has 0 bridgehead atoms. The molecule has 1 aromatic rings. The molecular formula is C13H17ClFNO. The molecule has 0 aliphatic heterocycles. The van der Waals surface area contributed by atoms with Gasteiger partial charge in [0, 0.05) is 13.1 Å². The van der Waals surface area contributed by atoms with E-state index in [2.05, 4.69) is 0 Å². The number of carbonyl (C=O) groups is 1. The first-order chi connectivity index (χ1) is 7.95. The minimum absolute atomic E-state index is 0.147. The summed E-state index contributed by atoms with van der Waals surface area (Å²) in [5, 5.41) is 0.164. The molecule has 4 heteroatoms. The van der Waals surface area contributed by atoms with Gasteiger partial charge >= 0.3 is 0 Å². The van der Waals surface area contributed by atoms with Crippen LogP contribution in [0.2, 0.25) is 5.02 Å². The summed E-state index contributed by atoms with van der Waals surface area (Å²) < 4.78 is 12.9. The number of halogens is 2. The summed E-state index contributed by atoms with van der Waals surface area (Å²) in [6, 6.07) is 3.85. The molecule has 2 nitrogen and oxygen atoms in total. The van der Waals surface area contributed by atoms with Gasteiger partial charge in [0.25, 0.3) is 5.91 Å². The fourth-order valence-electron chi connectivity index (χ4n) is 1.63. The molecule has 0 saturated heterocycles. The Labute approximate surface area is 106 Å². The lowest BCUT2D eigenvalue weighted by Crippen LogP contribution is -2.34. The molecule has 0 aromatic heterocycles. The summed E-state index contributed by atoms with van der Waals surface area (Å²) in [5.74, 6) is -0.192. The van der Waals surface area contributed by atoms with E-state index in [-0.39, 0.29) is 10.9 Å². The van der Waals surface area contributed by atoms with Crippen molar-refractivity contribution in [3.05, 3.63) is 34.6 Å². The maximum Gasteiger partial charge on any atom is 0.255 e. The van der Waals surface area contributed by atoms with Gasteiger partial charge in [-0.2, -0.15) is 0 Å². The van der Waals surface area contributed by atoms with Crippen LogP contribution >= 0.6 is 11.6 Å². The van der Waals surface area contributed by atoms with Gasteiger partial charge in [0.2, 0.25) is 0 Å². The van der Waals surface area contributed by atoms with E-state index in [0.29, 0.717) is 24.6 Å². The van der Waals surface area contributed by atoms with Crippen LogP contribution in [0.25, 0.3) is 0 Å². The van der Waals surface area contributed by atoms with Crippen LogP contribution in [0.3, 0.4) is 0 Å². The van der Waals surface area contributed by atoms with Crippen molar-refractivity contribution in [3.8, 4) is 0 Å². The second-order valence-corrected chi connectivity index (χ2v) is 4.77. The molecule has 0 N–H and O–H groups in total. The average Bonchev–Trinajstić information content (AvgIpc) is 2.24. The topological polar surface area (TPSA) is 20.3 Å². The van der Waals surface area contributed by atoms with E-state index in [1.165, 1.54) is 12.1 Å². The molecule has 0 atom stereocenters. The lowest BCUT2D eigenvalue weighted by Gasteiger charge is -2.23. The van der Waals surface area contributed by atoms with Gasteiger partial charge in [-0.15, -0.1) is 0 Å². The molecule has 0 aliphatic rings. The smallest absolute Gasteiger partial charge is 0.255 e. The molecule has 0 heterocycles. The van der Waals surface area contributed by atoms with Gasteiger partial charge in [-0.3, -0.25) is 4.79 Å². The zero-order chi connectivity index (χ0) is 13.0. The van der Waals surface area contributed by atoms with Crippen LogP contribution in [0.4, 0.5) is 4.39 Å². The van der Waals surface area contributed by atoms with E-state index in [1.807, 2.05) is 20.8 Å². The molecule has 1 rings (SSSR count). The molecule has 1 aromatic carbocycles. The lowest BCUT2D eigenvalue weighted by molar-refractivity contribution is 0.0746. The molecule has 0 unspecified atom stereocenters. The average molecular weight is 258 g/mol.